The molecule has 122 valence electrons. The van der Waals surface area contributed by atoms with Crippen LogP contribution in [0, 0.1) is 0 Å². The topological polar surface area (TPSA) is 24.1 Å². The van der Waals surface area contributed by atoms with Gasteiger partial charge in [0.1, 0.15) is 0 Å². The van der Waals surface area contributed by atoms with Crippen molar-refractivity contribution in [1.82, 2.24) is 0 Å². The Labute approximate surface area is 144 Å². The number of nitrogens with one attached hydrogen (secondary N) is 2. The molecule has 3 rings (SSSR count). The Kier molecular flexibility index (Phi) is 5.17. The van der Waals surface area contributed by atoms with Crippen LogP contribution >= 0.6 is 0 Å². The Bertz CT molecular complexity index is 705. The standard InChI is InChI=1S/C22H24N2/c1-3-17-9-13-19(14-10-17)23-21-7-5-6-8-22(21)24-20-15-11-18(4-2)12-16-20/h5-16,23-24H,3-4H2,1-2H3. The average molecular weight is 316 g/mol. The van der Waals surface area contributed by atoms with E-state index >= 15 is 0 Å². The molecule has 0 bridgehead atoms. The zero-order valence-electron chi connectivity index (χ0n) is 14.3. The second-order valence-electron chi connectivity index (χ2n) is 5.90. The molecule has 0 atom stereocenters. The van der Waals surface area contributed by atoms with Crippen LogP contribution in [0.1, 0.15) is 25.0 Å². The molecule has 0 unspecified atom stereocenters. The predicted octanol–water partition coefficient (Wildman–Crippen LogP) is 6.30. The Morgan fingerprint density at radius 2 is 0.917 bits per heavy atom. The lowest BCUT2D eigenvalue weighted by Gasteiger charge is -2.14. The zero-order valence-corrected chi connectivity index (χ0v) is 14.3. The molecule has 0 aliphatic rings. The van der Waals surface area contributed by atoms with Gasteiger partial charge in [0.25, 0.3) is 0 Å². The number of anilines is 4. The lowest BCUT2D eigenvalue weighted by molar-refractivity contribution is 1.14. The summed E-state index contributed by atoms with van der Waals surface area (Å²) in [6, 6.07) is 25.5. The molecule has 0 heterocycles. The van der Waals surface area contributed by atoms with Gasteiger partial charge in [0.2, 0.25) is 0 Å². The molecule has 2 N–H and O–H groups in total. The normalized spacial score (nSPS) is 10.4. The first-order valence-electron chi connectivity index (χ1n) is 8.59. The zero-order chi connectivity index (χ0) is 16.8. The maximum absolute atomic E-state index is 3.50. The maximum atomic E-state index is 3.50. The van der Waals surface area contributed by atoms with E-state index in [-0.39, 0.29) is 0 Å². The lowest BCUT2D eigenvalue weighted by Crippen LogP contribution is -1.97. The van der Waals surface area contributed by atoms with E-state index in [1.165, 1.54) is 11.1 Å². The van der Waals surface area contributed by atoms with Gasteiger partial charge in [0, 0.05) is 11.4 Å². The van der Waals surface area contributed by atoms with Gasteiger partial charge in [-0.2, -0.15) is 0 Å². The number of aryl methyl sites for hydroxylation is 2. The van der Waals surface area contributed by atoms with Crippen molar-refractivity contribution in [1.29, 1.82) is 0 Å². The fourth-order valence-corrected chi connectivity index (χ4v) is 2.66. The Morgan fingerprint density at radius 1 is 0.542 bits per heavy atom. The molecule has 2 nitrogen and oxygen atoms in total. The maximum Gasteiger partial charge on any atom is 0.0623 e. The van der Waals surface area contributed by atoms with Crippen molar-refractivity contribution in [2.24, 2.45) is 0 Å². The molecule has 0 saturated heterocycles. The first kappa shape index (κ1) is 16.1. The van der Waals surface area contributed by atoms with Crippen molar-refractivity contribution in [2.45, 2.75) is 26.7 Å². The molecular weight excluding hydrogens is 292 g/mol. The van der Waals surface area contributed by atoms with Crippen LogP contribution < -0.4 is 10.6 Å². The molecule has 0 fully saturated rings. The van der Waals surface area contributed by atoms with Crippen molar-refractivity contribution >= 4 is 22.7 Å². The minimum Gasteiger partial charge on any atom is -0.354 e. The first-order valence-corrected chi connectivity index (χ1v) is 8.59. The summed E-state index contributed by atoms with van der Waals surface area (Å²) in [5, 5.41) is 7.01. The van der Waals surface area contributed by atoms with Gasteiger partial charge in [0.15, 0.2) is 0 Å². The molecule has 0 aliphatic carbocycles. The molecule has 0 radical (unpaired) electrons. The SMILES string of the molecule is CCc1ccc(Nc2ccccc2Nc2ccc(CC)cc2)cc1. The van der Waals surface area contributed by atoms with Gasteiger partial charge < -0.3 is 10.6 Å². The number of hydrogen-bond donors (Lipinski definition) is 2. The summed E-state index contributed by atoms with van der Waals surface area (Å²) < 4.78 is 0. The second-order valence-corrected chi connectivity index (χ2v) is 5.90. The summed E-state index contributed by atoms with van der Waals surface area (Å²) in [4.78, 5) is 0. The third-order valence-corrected chi connectivity index (χ3v) is 4.21. The molecule has 3 aromatic carbocycles. The Morgan fingerprint density at radius 3 is 1.25 bits per heavy atom. The highest BCUT2D eigenvalue weighted by molar-refractivity contribution is 5.78. The van der Waals surface area contributed by atoms with Gasteiger partial charge in [-0.05, 0) is 60.4 Å². The second kappa shape index (κ2) is 7.69. The summed E-state index contributed by atoms with van der Waals surface area (Å²) in [6.45, 7) is 4.34. The Hall–Kier alpha value is -2.74. The highest BCUT2D eigenvalue weighted by atomic mass is 15.0. The lowest BCUT2D eigenvalue weighted by atomic mass is 10.1. The van der Waals surface area contributed by atoms with Crippen molar-refractivity contribution in [2.75, 3.05) is 10.6 Å². The largest absolute Gasteiger partial charge is 0.354 e. The average Bonchev–Trinajstić information content (AvgIpc) is 2.64. The van der Waals surface area contributed by atoms with Crippen LogP contribution in [0.25, 0.3) is 0 Å². The van der Waals surface area contributed by atoms with E-state index in [1.54, 1.807) is 0 Å². The van der Waals surface area contributed by atoms with E-state index in [9.17, 15) is 0 Å². The molecule has 0 aromatic heterocycles. The van der Waals surface area contributed by atoms with Gasteiger partial charge in [-0.25, -0.2) is 0 Å². The van der Waals surface area contributed by atoms with Crippen molar-refractivity contribution in [3.63, 3.8) is 0 Å². The Balaban J connectivity index is 1.78. The quantitative estimate of drug-likeness (QED) is 0.557. The van der Waals surface area contributed by atoms with Crippen LogP contribution in [0.5, 0.6) is 0 Å². The fourth-order valence-electron chi connectivity index (χ4n) is 2.66. The van der Waals surface area contributed by atoms with Gasteiger partial charge in [0.05, 0.1) is 11.4 Å². The first-order chi connectivity index (χ1) is 11.8. The monoisotopic (exact) mass is 316 g/mol. The smallest absolute Gasteiger partial charge is 0.0623 e. The van der Waals surface area contributed by atoms with E-state index in [0.717, 1.165) is 35.6 Å². The van der Waals surface area contributed by atoms with Gasteiger partial charge in [-0.15, -0.1) is 0 Å². The van der Waals surface area contributed by atoms with Gasteiger partial charge in [-0.3, -0.25) is 0 Å². The van der Waals surface area contributed by atoms with E-state index < -0.39 is 0 Å². The van der Waals surface area contributed by atoms with Gasteiger partial charge >= 0.3 is 0 Å². The molecule has 0 spiro atoms. The molecular formula is C22H24N2. The molecule has 24 heavy (non-hydrogen) atoms. The minimum atomic E-state index is 1.06. The summed E-state index contributed by atoms with van der Waals surface area (Å²) in [6.07, 6.45) is 2.12. The van der Waals surface area contributed by atoms with Crippen LogP contribution in [0.3, 0.4) is 0 Å². The van der Waals surface area contributed by atoms with Crippen LogP contribution in [0.2, 0.25) is 0 Å². The summed E-state index contributed by atoms with van der Waals surface area (Å²) in [5.41, 5.74) is 7.04. The molecule has 0 amide bonds. The molecule has 0 aliphatic heterocycles. The molecule has 3 aromatic rings. The number of benzene rings is 3. The van der Waals surface area contributed by atoms with Crippen LogP contribution in [-0.4, -0.2) is 0 Å². The minimum absolute atomic E-state index is 1.06. The van der Waals surface area contributed by atoms with Crippen LogP contribution in [-0.2, 0) is 12.8 Å². The fraction of sp³-hybridized carbons (Fsp3) is 0.182. The van der Waals surface area contributed by atoms with Crippen molar-refractivity contribution in [3.8, 4) is 0 Å². The predicted molar refractivity (Wildman–Crippen MR) is 105 cm³/mol. The van der Waals surface area contributed by atoms with E-state index in [4.69, 9.17) is 0 Å². The van der Waals surface area contributed by atoms with E-state index in [1.807, 2.05) is 12.1 Å². The highest BCUT2D eigenvalue weighted by Crippen LogP contribution is 2.28. The van der Waals surface area contributed by atoms with Gasteiger partial charge in [-0.1, -0.05) is 50.2 Å². The number of hydrogen-bond acceptors (Lipinski definition) is 2. The number of rotatable bonds is 6. The summed E-state index contributed by atoms with van der Waals surface area (Å²) in [5.74, 6) is 0. The van der Waals surface area contributed by atoms with Crippen LogP contribution in [0.4, 0.5) is 22.7 Å². The molecule has 0 saturated carbocycles. The van der Waals surface area contributed by atoms with Crippen LogP contribution in [0.15, 0.2) is 72.8 Å². The van der Waals surface area contributed by atoms with Crippen molar-refractivity contribution < 1.29 is 0 Å². The third-order valence-electron chi connectivity index (χ3n) is 4.21. The molecule has 2 heteroatoms. The summed E-state index contributed by atoms with van der Waals surface area (Å²) >= 11 is 0. The van der Waals surface area contributed by atoms with E-state index in [0.29, 0.717) is 0 Å². The highest BCUT2D eigenvalue weighted by Gasteiger charge is 2.03. The van der Waals surface area contributed by atoms with Crippen molar-refractivity contribution in [3.05, 3.63) is 83.9 Å². The number of para-hydroxylation sites is 2. The third kappa shape index (κ3) is 3.96. The van der Waals surface area contributed by atoms with E-state index in [2.05, 4.69) is 85.1 Å². The summed E-state index contributed by atoms with van der Waals surface area (Å²) in [7, 11) is 0.